The van der Waals surface area contributed by atoms with Crippen LogP contribution in [-0.4, -0.2) is 23.1 Å². The molecule has 1 heterocycles. The average molecular weight is 205 g/mol. The third kappa shape index (κ3) is 3.47. The van der Waals surface area contributed by atoms with Crippen LogP contribution >= 0.6 is 0 Å². The van der Waals surface area contributed by atoms with Gasteiger partial charge >= 0.3 is 0 Å². The Kier molecular flexibility index (Phi) is 4.42. The molecule has 0 saturated carbocycles. The van der Waals surface area contributed by atoms with Crippen molar-refractivity contribution in [2.75, 3.05) is 12.4 Å². The summed E-state index contributed by atoms with van der Waals surface area (Å²) in [5.41, 5.74) is 0. The summed E-state index contributed by atoms with van der Waals surface area (Å²) in [6.07, 6.45) is 8.79. The minimum atomic E-state index is 0.00889. The number of anilines is 1. The normalized spacial score (nSPS) is 11.5. The van der Waals surface area contributed by atoms with Crippen LogP contribution in [-0.2, 0) is 0 Å². The summed E-state index contributed by atoms with van der Waals surface area (Å²) < 4.78 is 4.99. The maximum absolute atomic E-state index is 5.39. The summed E-state index contributed by atoms with van der Waals surface area (Å²) in [7, 11) is 1.57. The van der Waals surface area contributed by atoms with E-state index in [1.165, 1.54) is 6.33 Å². The van der Waals surface area contributed by atoms with E-state index in [-0.39, 0.29) is 6.04 Å². The lowest BCUT2D eigenvalue weighted by Gasteiger charge is -2.12. The van der Waals surface area contributed by atoms with Crippen LogP contribution in [0.5, 0.6) is 5.88 Å². The van der Waals surface area contributed by atoms with Crippen LogP contribution in [0.25, 0.3) is 0 Å². The lowest BCUT2D eigenvalue weighted by atomic mass is 10.2. The van der Waals surface area contributed by atoms with Crippen molar-refractivity contribution in [2.45, 2.75) is 25.8 Å². The zero-order chi connectivity index (χ0) is 11.1. The maximum atomic E-state index is 5.39. The van der Waals surface area contributed by atoms with Gasteiger partial charge in [-0.15, -0.1) is 6.42 Å². The zero-order valence-corrected chi connectivity index (χ0v) is 9.03. The van der Waals surface area contributed by atoms with Crippen LogP contribution < -0.4 is 10.1 Å². The Bertz CT molecular complexity index is 346. The van der Waals surface area contributed by atoms with E-state index in [0.717, 1.165) is 12.8 Å². The fourth-order valence-corrected chi connectivity index (χ4v) is 1.19. The van der Waals surface area contributed by atoms with Crippen LogP contribution in [0.2, 0.25) is 0 Å². The molecule has 1 aromatic heterocycles. The molecular weight excluding hydrogens is 190 g/mol. The summed E-state index contributed by atoms with van der Waals surface area (Å²) in [6, 6.07) is 1.73. The van der Waals surface area contributed by atoms with Gasteiger partial charge in [-0.05, 0) is 6.42 Å². The van der Waals surface area contributed by atoms with Gasteiger partial charge in [-0.1, -0.05) is 19.3 Å². The molecule has 0 aromatic carbocycles. The summed E-state index contributed by atoms with van der Waals surface area (Å²) in [5.74, 6) is 3.90. The summed E-state index contributed by atoms with van der Waals surface area (Å²) in [4.78, 5) is 7.97. The molecule has 4 nitrogen and oxygen atoms in total. The fourth-order valence-electron chi connectivity index (χ4n) is 1.19. The number of nitrogens with zero attached hydrogens (tertiary/aromatic N) is 2. The quantitative estimate of drug-likeness (QED) is 0.743. The molecule has 0 spiro atoms. The first-order valence-electron chi connectivity index (χ1n) is 4.88. The van der Waals surface area contributed by atoms with E-state index < -0.39 is 0 Å². The largest absolute Gasteiger partial charge is 0.481 e. The highest BCUT2D eigenvalue weighted by atomic mass is 16.5. The number of nitrogens with one attached hydrogen (secondary N) is 1. The standard InChI is InChI=1S/C11H15N3O/c1-4-6-9(5-2)14-10-7-11(15-3)13-8-12-10/h2,7-9H,4,6H2,1,3H3,(H,12,13,14). The number of rotatable bonds is 5. The number of aromatic nitrogens is 2. The molecule has 15 heavy (non-hydrogen) atoms. The number of hydrogen-bond acceptors (Lipinski definition) is 4. The minimum absolute atomic E-state index is 0.00889. The molecule has 1 aromatic rings. The van der Waals surface area contributed by atoms with E-state index in [0.29, 0.717) is 11.7 Å². The lowest BCUT2D eigenvalue weighted by molar-refractivity contribution is 0.397. The number of terminal acetylenes is 1. The van der Waals surface area contributed by atoms with Gasteiger partial charge in [0.15, 0.2) is 0 Å². The summed E-state index contributed by atoms with van der Waals surface area (Å²) in [6.45, 7) is 2.09. The topological polar surface area (TPSA) is 47.0 Å². The highest BCUT2D eigenvalue weighted by Crippen LogP contribution is 2.12. The molecule has 80 valence electrons. The van der Waals surface area contributed by atoms with Gasteiger partial charge in [-0.25, -0.2) is 9.97 Å². The maximum Gasteiger partial charge on any atom is 0.218 e. The molecule has 0 fully saturated rings. The smallest absolute Gasteiger partial charge is 0.218 e. The van der Waals surface area contributed by atoms with Crippen LogP contribution in [0, 0.1) is 12.3 Å². The molecule has 0 aliphatic carbocycles. The molecule has 1 unspecified atom stereocenters. The van der Waals surface area contributed by atoms with Gasteiger partial charge in [0.25, 0.3) is 0 Å². The second-order valence-electron chi connectivity index (χ2n) is 3.10. The SMILES string of the molecule is C#CC(CCC)Nc1cc(OC)ncn1. The van der Waals surface area contributed by atoms with Crippen molar-refractivity contribution in [1.29, 1.82) is 0 Å². The predicted octanol–water partition coefficient (Wildman–Crippen LogP) is 1.70. The molecule has 0 bridgehead atoms. The van der Waals surface area contributed by atoms with Gasteiger partial charge < -0.3 is 10.1 Å². The van der Waals surface area contributed by atoms with Gasteiger partial charge in [-0.2, -0.15) is 0 Å². The molecule has 1 rings (SSSR count). The van der Waals surface area contributed by atoms with Gasteiger partial charge in [0, 0.05) is 6.07 Å². The van der Waals surface area contributed by atoms with Crippen molar-refractivity contribution in [3.63, 3.8) is 0 Å². The third-order valence-corrected chi connectivity index (χ3v) is 1.95. The zero-order valence-electron chi connectivity index (χ0n) is 9.03. The second-order valence-corrected chi connectivity index (χ2v) is 3.10. The number of methoxy groups -OCH3 is 1. The molecule has 0 saturated heterocycles. The number of hydrogen-bond donors (Lipinski definition) is 1. The van der Waals surface area contributed by atoms with Crippen molar-refractivity contribution < 1.29 is 4.74 Å². The Morgan fingerprint density at radius 3 is 3.00 bits per heavy atom. The third-order valence-electron chi connectivity index (χ3n) is 1.95. The van der Waals surface area contributed by atoms with Gasteiger partial charge in [0.05, 0.1) is 13.2 Å². The Labute approximate surface area is 90.1 Å². The molecule has 4 heteroatoms. The average Bonchev–Trinajstić information content (AvgIpc) is 2.29. The van der Waals surface area contributed by atoms with Crippen molar-refractivity contribution in [2.24, 2.45) is 0 Å². The van der Waals surface area contributed by atoms with E-state index in [4.69, 9.17) is 11.2 Å². The van der Waals surface area contributed by atoms with Crippen molar-refractivity contribution >= 4 is 5.82 Å². The minimum Gasteiger partial charge on any atom is -0.481 e. The molecule has 0 radical (unpaired) electrons. The summed E-state index contributed by atoms with van der Waals surface area (Å²) >= 11 is 0. The van der Waals surface area contributed by atoms with Gasteiger partial charge in [-0.3, -0.25) is 0 Å². The molecule has 0 aliphatic heterocycles. The Morgan fingerprint density at radius 1 is 1.60 bits per heavy atom. The molecule has 1 atom stereocenters. The van der Waals surface area contributed by atoms with E-state index in [1.54, 1.807) is 13.2 Å². The van der Waals surface area contributed by atoms with Gasteiger partial charge in [0.2, 0.25) is 5.88 Å². The molecule has 0 aliphatic rings. The Morgan fingerprint density at radius 2 is 2.40 bits per heavy atom. The van der Waals surface area contributed by atoms with Crippen LogP contribution in [0.15, 0.2) is 12.4 Å². The number of ether oxygens (including phenoxy) is 1. The van der Waals surface area contributed by atoms with Crippen molar-refractivity contribution in [1.82, 2.24) is 9.97 Å². The summed E-state index contributed by atoms with van der Waals surface area (Å²) in [5, 5.41) is 3.14. The monoisotopic (exact) mass is 205 g/mol. The fraction of sp³-hybridized carbons (Fsp3) is 0.455. The second kappa shape index (κ2) is 5.86. The molecule has 1 N–H and O–H groups in total. The first-order valence-corrected chi connectivity index (χ1v) is 4.88. The van der Waals surface area contributed by atoms with E-state index >= 15 is 0 Å². The highest BCUT2D eigenvalue weighted by molar-refractivity contribution is 5.40. The van der Waals surface area contributed by atoms with Gasteiger partial charge in [0.1, 0.15) is 12.1 Å². The van der Waals surface area contributed by atoms with Crippen LogP contribution in [0.4, 0.5) is 5.82 Å². The predicted molar refractivity (Wildman–Crippen MR) is 59.7 cm³/mol. The van der Waals surface area contributed by atoms with Crippen molar-refractivity contribution in [3.8, 4) is 18.2 Å². The first-order chi connectivity index (χ1) is 7.30. The van der Waals surface area contributed by atoms with Crippen LogP contribution in [0.3, 0.4) is 0 Å². The van der Waals surface area contributed by atoms with E-state index in [1.807, 2.05) is 0 Å². The molecular formula is C11H15N3O. The Balaban J connectivity index is 2.66. The Hall–Kier alpha value is -1.76. The van der Waals surface area contributed by atoms with Crippen molar-refractivity contribution in [3.05, 3.63) is 12.4 Å². The van der Waals surface area contributed by atoms with E-state index in [9.17, 15) is 0 Å². The van der Waals surface area contributed by atoms with E-state index in [2.05, 4.69) is 28.1 Å². The lowest BCUT2D eigenvalue weighted by Crippen LogP contribution is -2.17. The molecule has 0 amide bonds. The highest BCUT2D eigenvalue weighted by Gasteiger charge is 2.05. The van der Waals surface area contributed by atoms with Crippen LogP contribution in [0.1, 0.15) is 19.8 Å². The first kappa shape index (κ1) is 11.3.